The summed E-state index contributed by atoms with van der Waals surface area (Å²) in [6.07, 6.45) is 19.3. The van der Waals surface area contributed by atoms with E-state index in [1.807, 2.05) is 0 Å². The summed E-state index contributed by atoms with van der Waals surface area (Å²) < 4.78 is 0. The molecule has 0 saturated heterocycles. The van der Waals surface area contributed by atoms with Gasteiger partial charge >= 0.3 is 0 Å². The Labute approximate surface area is 250 Å². The maximum atomic E-state index is 2.52. The molecule has 0 fully saturated rings. The van der Waals surface area contributed by atoms with E-state index in [-0.39, 0.29) is 5.92 Å². The summed E-state index contributed by atoms with van der Waals surface area (Å²) in [6.45, 7) is 6.93. The van der Waals surface area contributed by atoms with Crippen LogP contribution in [0, 0.1) is 6.92 Å². The number of rotatable bonds is 5. The van der Waals surface area contributed by atoms with E-state index in [9.17, 15) is 0 Å². The Kier molecular flexibility index (Phi) is 7.00. The zero-order valence-corrected chi connectivity index (χ0v) is 24.9. The average molecular weight is 543 g/mol. The van der Waals surface area contributed by atoms with Crippen molar-refractivity contribution < 1.29 is 0 Å². The van der Waals surface area contributed by atoms with Crippen molar-refractivity contribution in [1.29, 1.82) is 0 Å². The molecule has 0 bridgehead atoms. The molecule has 0 heterocycles. The molecule has 5 aromatic rings. The summed E-state index contributed by atoms with van der Waals surface area (Å²) in [5, 5.41) is 5.38. The number of allylic oxidation sites excluding steroid dienone is 5. The minimum absolute atomic E-state index is 0.244. The van der Waals surface area contributed by atoms with Crippen LogP contribution < -0.4 is 0 Å². The summed E-state index contributed by atoms with van der Waals surface area (Å²) in [4.78, 5) is 0. The van der Waals surface area contributed by atoms with Crippen LogP contribution in [0.5, 0.6) is 0 Å². The Morgan fingerprint density at radius 2 is 1.64 bits per heavy atom. The summed E-state index contributed by atoms with van der Waals surface area (Å²) in [7, 11) is 0. The van der Waals surface area contributed by atoms with E-state index in [1.165, 1.54) is 71.6 Å². The minimum atomic E-state index is 0.244. The van der Waals surface area contributed by atoms with Gasteiger partial charge in [-0.3, -0.25) is 0 Å². The normalized spacial score (nSPS) is 16.8. The van der Waals surface area contributed by atoms with Gasteiger partial charge in [0.15, 0.2) is 0 Å². The highest BCUT2D eigenvalue weighted by Gasteiger charge is 2.31. The van der Waals surface area contributed by atoms with E-state index < -0.39 is 0 Å². The molecule has 2 aliphatic rings. The van der Waals surface area contributed by atoms with Gasteiger partial charge in [0.1, 0.15) is 0 Å². The fourth-order valence-corrected chi connectivity index (χ4v) is 7.52. The van der Waals surface area contributed by atoms with E-state index in [0.717, 1.165) is 19.3 Å². The van der Waals surface area contributed by atoms with Crippen molar-refractivity contribution in [2.75, 3.05) is 0 Å². The molecule has 0 amide bonds. The molecule has 0 aromatic heterocycles. The second-order valence-electron chi connectivity index (χ2n) is 12.0. The largest absolute Gasteiger partial charge is 0.0833 e. The first kappa shape index (κ1) is 26.5. The fraction of sp³-hybridized carbons (Fsp3) is 0.190. The van der Waals surface area contributed by atoms with Gasteiger partial charge in [0, 0.05) is 5.92 Å². The topological polar surface area (TPSA) is 0 Å². The second kappa shape index (κ2) is 11.1. The van der Waals surface area contributed by atoms with Crippen LogP contribution in [-0.4, -0.2) is 0 Å². The Balaban J connectivity index is 1.48. The zero-order valence-electron chi connectivity index (χ0n) is 24.9. The summed E-state index contributed by atoms with van der Waals surface area (Å²) in [6, 6.07) is 31.9. The standard InChI is InChI=1S/C42H38/c1-4-30-23-24-31-15-8-9-19-35(31)40(30)27-29(3)42(39-22-11-17-33-16-10-13-28(2)41(33)39)38-21-12-20-36-34-18-7-5-6-14-32(34)25-26-37(36)38/h5-13,15-20,22-27,38,42H,4,14,21H2,1-3H3. The summed E-state index contributed by atoms with van der Waals surface area (Å²) >= 11 is 0. The maximum absolute atomic E-state index is 2.52. The lowest BCUT2D eigenvalue weighted by Gasteiger charge is -2.34. The van der Waals surface area contributed by atoms with Crippen LogP contribution in [0.2, 0.25) is 0 Å². The van der Waals surface area contributed by atoms with Crippen LogP contribution in [0.4, 0.5) is 0 Å². The van der Waals surface area contributed by atoms with Crippen LogP contribution in [0.3, 0.4) is 0 Å². The quantitative estimate of drug-likeness (QED) is 0.207. The molecule has 0 radical (unpaired) electrons. The van der Waals surface area contributed by atoms with Gasteiger partial charge in [-0.25, -0.2) is 0 Å². The molecule has 2 aliphatic carbocycles. The van der Waals surface area contributed by atoms with Crippen molar-refractivity contribution in [3.05, 3.63) is 159 Å². The Bertz CT molecular complexity index is 1940. The van der Waals surface area contributed by atoms with E-state index >= 15 is 0 Å². The van der Waals surface area contributed by atoms with Gasteiger partial charge in [-0.05, 0) is 105 Å². The third kappa shape index (κ3) is 4.56. The molecular formula is C42H38. The maximum Gasteiger partial charge on any atom is 0.0127 e. The average Bonchev–Trinajstić information content (AvgIpc) is 3.28. The molecular weight excluding hydrogens is 504 g/mol. The molecule has 206 valence electrons. The van der Waals surface area contributed by atoms with Crippen molar-refractivity contribution >= 4 is 39.8 Å². The van der Waals surface area contributed by atoms with Gasteiger partial charge < -0.3 is 0 Å². The molecule has 0 heteroatoms. The zero-order chi connectivity index (χ0) is 28.6. The number of aryl methyl sites for hydroxylation is 2. The van der Waals surface area contributed by atoms with Crippen molar-refractivity contribution in [1.82, 2.24) is 0 Å². The fourth-order valence-electron chi connectivity index (χ4n) is 7.52. The van der Waals surface area contributed by atoms with Gasteiger partial charge in [0.05, 0.1) is 0 Å². The van der Waals surface area contributed by atoms with Gasteiger partial charge in [-0.15, -0.1) is 0 Å². The molecule has 0 spiro atoms. The van der Waals surface area contributed by atoms with E-state index in [2.05, 4.69) is 148 Å². The van der Waals surface area contributed by atoms with Crippen molar-refractivity contribution in [2.45, 2.75) is 51.9 Å². The molecule has 0 saturated carbocycles. The molecule has 0 nitrogen and oxygen atoms in total. The minimum Gasteiger partial charge on any atom is -0.0833 e. The second-order valence-corrected chi connectivity index (χ2v) is 12.0. The highest BCUT2D eigenvalue weighted by Crippen LogP contribution is 2.48. The van der Waals surface area contributed by atoms with Crippen LogP contribution in [-0.2, 0) is 12.8 Å². The number of fused-ring (bicyclic) bond motifs is 5. The van der Waals surface area contributed by atoms with E-state index in [0.29, 0.717) is 5.92 Å². The third-order valence-electron chi connectivity index (χ3n) is 9.52. The first-order valence-electron chi connectivity index (χ1n) is 15.5. The third-order valence-corrected chi connectivity index (χ3v) is 9.52. The Morgan fingerprint density at radius 1 is 0.810 bits per heavy atom. The summed E-state index contributed by atoms with van der Waals surface area (Å²) in [5.74, 6) is 0.592. The van der Waals surface area contributed by atoms with Gasteiger partial charge in [-0.2, -0.15) is 0 Å². The van der Waals surface area contributed by atoms with Crippen LogP contribution in [0.1, 0.15) is 76.6 Å². The van der Waals surface area contributed by atoms with Crippen LogP contribution >= 0.6 is 0 Å². The van der Waals surface area contributed by atoms with Gasteiger partial charge in [-0.1, -0.05) is 140 Å². The molecule has 42 heavy (non-hydrogen) atoms. The Morgan fingerprint density at radius 3 is 2.52 bits per heavy atom. The van der Waals surface area contributed by atoms with Gasteiger partial charge in [0.25, 0.3) is 0 Å². The van der Waals surface area contributed by atoms with Crippen molar-refractivity contribution in [2.24, 2.45) is 0 Å². The summed E-state index contributed by atoms with van der Waals surface area (Å²) in [5.41, 5.74) is 12.7. The van der Waals surface area contributed by atoms with Crippen molar-refractivity contribution in [3.63, 3.8) is 0 Å². The Hall–Kier alpha value is -4.42. The molecule has 0 N–H and O–H groups in total. The lowest BCUT2D eigenvalue weighted by atomic mass is 9.70. The van der Waals surface area contributed by atoms with Crippen LogP contribution in [0.25, 0.3) is 39.8 Å². The van der Waals surface area contributed by atoms with E-state index in [4.69, 9.17) is 0 Å². The smallest absolute Gasteiger partial charge is 0.0127 e. The first-order chi connectivity index (χ1) is 20.6. The highest BCUT2D eigenvalue weighted by atomic mass is 14.3. The first-order valence-corrected chi connectivity index (χ1v) is 15.5. The lowest BCUT2D eigenvalue weighted by molar-refractivity contribution is 0.602. The van der Waals surface area contributed by atoms with Crippen LogP contribution in [0.15, 0.2) is 115 Å². The number of hydrogen-bond donors (Lipinski definition) is 0. The monoisotopic (exact) mass is 542 g/mol. The van der Waals surface area contributed by atoms with Gasteiger partial charge in [0.2, 0.25) is 0 Å². The van der Waals surface area contributed by atoms with E-state index in [1.54, 1.807) is 0 Å². The lowest BCUT2D eigenvalue weighted by Crippen LogP contribution is -2.17. The highest BCUT2D eigenvalue weighted by molar-refractivity contribution is 5.93. The molecule has 5 aromatic carbocycles. The molecule has 7 rings (SSSR count). The molecule has 0 aliphatic heterocycles. The number of hydrogen-bond acceptors (Lipinski definition) is 0. The number of benzene rings is 5. The van der Waals surface area contributed by atoms with Crippen molar-refractivity contribution in [3.8, 4) is 0 Å². The molecule has 2 unspecified atom stereocenters. The predicted molar refractivity (Wildman–Crippen MR) is 183 cm³/mol. The predicted octanol–water partition coefficient (Wildman–Crippen LogP) is 11.4. The molecule has 2 atom stereocenters. The SMILES string of the molecule is CCc1ccc2ccccc2c1C=C(C)C(c1cccc2cccc(C)c12)C1CC=Cc2c1ccc1c2C=CC=CC1.